The first-order valence-corrected chi connectivity index (χ1v) is 9.96. The van der Waals surface area contributed by atoms with Gasteiger partial charge in [0.05, 0.1) is 20.1 Å². The highest BCUT2D eigenvalue weighted by Gasteiger charge is 2.35. The van der Waals surface area contributed by atoms with Crippen LogP contribution in [0.2, 0.25) is 0 Å². The lowest BCUT2D eigenvalue weighted by Crippen LogP contribution is -2.28. The van der Waals surface area contributed by atoms with Gasteiger partial charge in [-0.05, 0) is 36.1 Å². The molecule has 0 spiro atoms. The molecule has 0 aliphatic carbocycles. The summed E-state index contributed by atoms with van der Waals surface area (Å²) in [5, 5.41) is 3.09. The Labute approximate surface area is 171 Å². The first-order chi connectivity index (χ1) is 14.0. The van der Waals surface area contributed by atoms with Crippen LogP contribution in [-0.4, -0.2) is 32.6 Å². The zero-order valence-corrected chi connectivity index (χ0v) is 17.5. The summed E-state index contributed by atoms with van der Waals surface area (Å²) in [6.07, 6.45) is 1.87. The van der Waals surface area contributed by atoms with Gasteiger partial charge in [-0.1, -0.05) is 32.0 Å². The van der Waals surface area contributed by atoms with Gasteiger partial charge in [0.15, 0.2) is 11.5 Å². The summed E-state index contributed by atoms with van der Waals surface area (Å²) in [7, 11) is 3.12. The van der Waals surface area contributed by atoms with Crippen LogP contribution in [0.4, 0.5) is 11.4 Å². The van der Waals surface area contributed by atoms with Crippen molar-refractivity contribution < 1.29 is 19.1 Å². The highest BCUT2D eigenvalue weighted by Crippen LogP contribution is 2.34. The monoisotopic (exact) mass is 396 g/mol. The maximum atomic E-state index is 13.0. The number of hydrogen-bond donors (Lipinski definition) is 1. The van der Waals surface area contributed by atoms with Crippen molar-refractivity contribution in [3.05, 3.63) is 47.5 Å². The van der Waals surface area contributed by atoms with Gasteiger partial charge < -0.3 is 19.7 Å². The Hall–Kier alpha value is -3.02. The second kappa shape index (κ2) is 8.99. The van der Waals surface area contributed by atoms with Crippen molar-refractivity contribution in [3.63, 3.8) is 0 Å². The molecule has 0 aromatic heterocycles. The molecule has 1 heterocycles. The number of rotatable bonds is 7. The van der Waals surface area contributed by atoms with E-state index in [1.165, 1.54) is 0 Å². The zero-order chi connectivity index (χ0) is 21.0. The van der Waals surface area contributed by atoms with Crippen molar-refractivity contribution in [2.75, 3.05) is 31.0 Å². The molecule has 0 bridgehead atoms. The molecule has 2 aromatic carbocycles. The number of nitrogens with one attached hydrogen (secondary N) is 1. The summed E-state index contributed by atoms with van der Waals surface area (Å²) in [5.41, 5.74) is 3.81. The number of methoxy groups -OCH3 is 2. The highest BCUT2D eigenvalue weighted by atomic mass is 16.5. The largest absolute Gasteiger partial charge is 0.493 e. The van der Waals surface area contributed by atoms with Crippen molar-refractivity contribution in [2.24, 2.45) is 5.92 Å². The van der Waals surface area contributed by atoms with Gasteiger partial charge in [0, 0.05) is 30.4 Å². The predicted octanol–water partition coefficient (Wildman–Crippen LogP) is 3.82. The average Bonchev–Trinajstić information content (AvgIpc) is 3.15. The summed E-state index contributed by atoms with van der Waals surface area (Å²) < 4.78 is 10.6. The molecule has 1 unspecified atom stereocenters. The van der Waals surface area contributed by atoms with Gasteiger partial charge in [-0.2, -0.15) is 0 Å². The highest BCUT2D eigenvalue weighted by molar-refractivity contribution is 6.04. The molecule has 1 saturated heterocycles. The van der Waals surface area contributed by atoms with Crippen LogP contribution in [0.3, 0.4) is 0 Å². The van der Waals surface area contributed by atoms with E-state index in [1.54, 1.807) is 37.3 Å². The van der Waals surface area contributed by atoms with Gasteiger partial charge in [-0.3, -0.25) is 9.59 Å². The Balaban J connectivity index is 1.78. The van der Waals surface area contributed by atoms with Crippen LogP contribution in [0, 0.1) is 5.92 Å². The van der Waals surface area contributed by atoms with E-state index >= 15 is 0 Å². The van der Waals surface area contributed by atoms with Gasteiger partial charge >= 0.3 is 0 Å². The Kier molecular flexibility index (Phi) is 6.42. The van der Waals surface area contributed by atoms with E-state index in [1.807, 2.05) is 18.2 Å². The standard InChI is InChI=1S/C23H28N2O4/c1-5-15-8-7-9-16(6-2)22(15)24-23(27)17-12-21(26)25(14-17)18-10-11-19(28-3)20(13-18)29-4/h7-11,13,17H,5-6,12,14H2,1-4H3,(H,24,27). The molecule has 6 nitrogen and oxygen atoms in total. The van der Waals surface area contributed by atoms with E-state index < -0.39 is 5.92 Å². The minimum atomic E-state index is -0.398. The minimum Gasteiger partial charge on any atom is -0.493 e. The maximum absolute atomic E-state index is 13.0. The fourth-order valence-electron chi connectivity index (χ4n) is 3.75. The number of ether oxygens (including phenoxy) is 2. The number of hydrogen-bond acceptors (Lipinski definition) is 4. The van der Waals surface area contributed by atoms with Gasteiger partial charge in [0.1, 0.15) is 0 Å². The van der Waals surface area contributed by atoms with Crippen molar-refractivity contribution in [1.82, 2.24) is 0 Å². The molecule has 2 amide bonds. The van der Waals surface area contributed by atoms with Crippen LogP contribution < -0.4 is 19.7 Å². The van der Waals surface area contributed by atoms with Crippen molar-refractivity contribution >= 4 is 23.2 Å². The van der Waals surface area contributed by atoms with Crippen LogP contribution in [0.5, 0.6) is 11.5 Å². The van der Waals surface area contributed by atoms with Crippen LogP contribution in [-0.2, 0) is 22.4 Å². The number of amides is 2. The van der Waals surface area contributed by atoms with Crippen LogP contribution in [0.15, 0.2) is 36.4 Å². The number of anilines is 2. The Morgan fingerprint density at radius 3 is 2.31 bits per heavy atom. The molecular formula is C23H28N2O4. The topological polar surface area (TPSA) is 67.9 Å². The van der Waals surface area contributed by atoms with Gasteiger partial charge in [-0.15, -0.1) is 0 Å². The molecule has 0 saturated carbocycles. The Morgan fingerprint density at radius 1 is 1.07 bits per heavy atom. The first-order valence-electron chi connectivity index (χ1n) is 9.96. The minimum absolute atomic E-state index is 0.0724. The van der Waals surface area contributed by atoms with Crippen LogP contribution in [0.25, 0.3) is 0 Å². The molecule has 6 heteroatoms. The number of benzene rings is 2. The number of carbonyl (C=O) groups excluding carboxylic acids is 2. The fourth-order valence-corrected chi connectivity index (χ4v) is 3.75. The van der Waals surface area contributed by atoms with Gasteiger partial charge in [0.25, 0.3) is 0 Å². The van der Waals surface area contributed by atoms with Gasteiger partial charge in [-0.25, -0.2) is 0 Å². The smallest absolute Gasteiger partial charge is 0.229 e. The first kappa shape index (κ1) is 20.7. The Morgan fingerprint density at radius 2 is 1.72 bits per heavy atom. The summed E-state index contributed by atoms with van der Waals surface area (Å²) >= 11 is 0. The lowest BCUT2D eigenvalue weighted by molar-refractivity contribution is -0.122. The van der Waals surface area contributed by atoms with Crippen molar-refractivity contribution in [3.8, 4) is 11.5 Å². The normalized spacial score (nSPS) is 16.1. The van der Waals surface area contributed by atoms with E-state index in [0.29, 0.717) is 23.7 Å². The van der Waals surface area contributed by atoms with E-state index in [2.05, 4.69) is 19.2 Å². The summed E-state index contributed by atoms with van der Waals surface area (Å²) in [6.45, 7) is 4.49. The van der Waals surface area contributed by atoms with E-state index in [-0.39, 0.29) is 18.2 Å². The van der Waals surface area contributed by atoms with E-state index in [9.17, 15) is 9.59 Å². The Bertz CT molecular complexity index is 887. The molecule has 3 rings (SSSR count). The molecule has 29 heavy (non-hydrogen) atoms. The third kappa shape index (κ3) is 4.21. The summed E-state index contributed by atoms with van der Waals surface area (Å²) in [5.74, 6) is 0.564. The molecule has 1 atom stereocenters. The predicted molar refractivity (Wildman–Crippen MR) is 114 cm³/mol. The zero-order valence-electron chi connectivity index (χ0n) is 17.5. The van der Waals surface area contributed by atoms with Gasteiger partial charge in [0.2, 0.25) is 11.8 Å². The number of aryl methyl sites for hydroxylation is 2. The molecular weight excluding hydrogens is 368 g/mol. The SMILES string of the molecule is CCc1cccc(CC)c1NC(=O)C1CC(=O)N(c2ccc(OC)c(OC)c2)C1. The van der Waals surface area contributed by atoms with Crippen LogP contribution >= 0.6 is 0 Å². The molecule has 1 aliphatic rings. The molecule has 1 fully saturated rings. The lowest BCUT2D eigenvalue weighted by atomic mass is 10.0. The summed E-state index contributed by atoms with van der Waals surface area (Å²) in [4.78, 5) is 27.2. The number of carbonyl (C=O) groups is 2. The summed E-state index contributed by atoms with van der Waals surface area (Å²) in [6, 6.07) is 11.4. The third-order valence-corrected chi connectivity index (χ3v) is 5.42. The van der Waals surface area contributed by atoms with E-state index in [0.717, 1.165) is 29.7 Å². The quantitative estimate of drug-likeness (QED) is 0.773. The number of para-hydroxylation sites is 1. The number of nitrogens with zero attached hydrogens (tertiary/aromatic N) is 1. The van der Waals surface area contributed by atoms with Crippen LogP contribution in [0.1, 0.15) is 31.4 Å². The second-order valence-corrected chi connectivity index (χ2v) is 7.09. The molecule has 1 N–H and O–H groups in total. The lowest BCUT2D eigenvalue weighted by Gasteiger charge is -2.19. The molecule has 154 valence electrons. The van der Waals surface area contributed by atoms with Crippen molar-refractivity contribution in [2.45, 2.75) is 33.1 Å². The molecule has 2 aromatic rings. The third-order valence-electron chi connectivity index (χ3n) is 5.42. The fraction of sp³-hybridized carbons (Fsp3) is 0.391. The van der Waals surface area contributed by atoms with E-state index in [4.69, 9.17) is 9.47 Å². The molecule has 1 aliphatic heterocycles. The molecule has 0 radical (unpaired) electrons. The second-order valence-electron chi connectivity index (χ2n) is 7.09. The maximum Gasteiger partial charge on any atom is 0.229 e. The van der Waals surface area contributed by atoms with Crippen molar-refractivity contribution in [1.29, 1.82) is 0 Å². The average molecular weight is 396 g/mol.